The number of nitrogens with zero attached hydrogens (tertiary/aromatic N) is 1. The van der Waals surface area contributed by atoms with Gasteiger partial charge in [-0.3, -0.25) is 4.79 Å². The van der Waals surface area contributed by atoms with E-state index in [0.29, 0.717) is 33.3 Å². The Morgan fingerprint density at radius 2 is 2.20 bits per heavy atom. The fraction of sp³-hybridized carbons (Fsp3) is 0.357. The molecular formula is C14H15BrFNO3. The molecule has 0 saturated heterocycles. The molecule has 0 fully saturated rings. The van der Waals surface area contributed by atoms with Crippen LogP contribution in [-0.2, 0) is 23.0 Å². The first-order chi connectivity index (χ1) is 9.49. The molecule has 0 aliphatic heterocycles. The Balaban J connectivity index is 2.64. The first-order valence-electron chi connectivity index (χ1n) is 6.15. The average molecular weight is 344 g/mol. The van der Waals surface area contributed by atoms with Crippen LogP contribution in [0.1, 0.15) is 12.5 Å². The summed E-state index contributed by atoms with van der Waals surface area (Å²) in [4.78, 5) is 11.7. The highest BCUT2D eigenvalue weighted by Crippen LogP contribution is 2.38. The molecule has 0 aliphatic rings. The van der Waals surface area contributed by atoms with E-state index in [1.54, 1.807) is 24.7 Å². The van der Waals surface area contributed by atoms with E-state index >= 15 is 0 Å². The average Bonchev–Trinajstić information content (AvgIpc) is 2.67. The number of hydrogen-bond donors (Lipinski definition) is 0. The number of rotatable bonds is 4. The maximum atomic E-state index is 14.1. The van der Waals surface area contributed by atoms with Gasteiger partial charge in [-0.15, -0.1) is 0 Å². The molecule has 4 nitrogen and oxygen atoms in total. The van der Waals surface area contributed by atoms with Gasteiger partial charge in [0.15, 0.2) is 0 Å². The van der Waals surface area contributed by atoms with E-state index in [1.165, 1.54) is 13.2 Å². The largest absolute Gasteiger partial charge is 0.495 e. The molecule has 2 aromatic rings. The van der Waals surface area contributed by atoms with Crippen LogP contribution in [-0.4, -0.2) is 24.3 Å². The molecule has 0 amide bonds. The number of benzene rings is 1. The molecule has 2 rings (SSSR count). The third-order valence-corrected chi connectivity index (χ3v) is 3.62. The predicted molar refractivity (Wildman–Crippen MR) is 77.5 cm³/mol. The number of fused-ring (bicyclic) bond motifs is 1. The van der Waals surface area contributed by atoms with Gasteiger partial charge < -0.3 is 14.0 Å². The van der Waals surface area contributed by atoms with E-state index in [2.05, 4.69) is 15.9 Å². The minimum atomic E-state index is -0.370. The van der Waals surface area contributed by atoms with Crippen LogP contribution in [0, 0.1) is 5.82 Å². The first-order valence-corrected chi connectivity index (χ1v) is 6.94. The van der Waals surface area contributed by atoms with E-state index in [-0.39, 0.29) is 18.2 Å². The van der Waals surface area contributed by atoms with Gasteiger partial charge in [-0.05, 0) is 34.5 Å². The van der Waals surface area contributed by atoms with Crippen molar-refractivity contribution in [1.29, 1.82) is 0 Å². The molecule has 0 unspecified atom stereocenters. The van der Waals surface area contributed by atoms with Crippen molar-refractivity contribution in [2.24, 2.45) is 7.05 Å². The van der Waals surface area contributed by atoms with Gasteiger partial charge >= 0.3 is 5.97 Å². The summed E-state index contributed by atoms with van der Waals surface area (Å²) in [5, 5.41) is 0.593. The molecule has 0 saturated carbocycles. The van der Waals surface area contributed by atoms with Crippen molar-refractivity contribution < 1.29 is 18.7 Å². The zero-order valence-electron chi connectivity index (χ0n) is 11.5. The van der Waals surface area contributed by atoms with Gasteiger partial charge in [-0.2, -0.15) is 0 Å². The number of ether oxygens (including phenoxy) is 2. The van der Waals surface area contributed by atoms with E-state index in [9.17, 15) is 9.18 Å². The maximum Gasteiger partial charge on any atom is 0.310 e. The molecule has 0 spiro atoms. The van der Waals surface area contributed by atoms with Crippen LogP contribution >= 0.6 is 15.9 Å². The highest BCUT2D eigenvalue weighted by atomic mass is 79.9. The Labute approximate surface area is 124 Å². The molecule has 0 N–H and O–H groups in total. The fourth-order valence-corrected chi connectivity index (χ4v) is 2.86. The topological polar surface area (TPSA) is 40.5 Å². The van der Waals surface area contributed by atoms with E-state index in [4.69, 9.17) is 9.47 Å². The Kier molecular flexibility index (Phi) is 4.32. The fourth-order valence-electron chi connectivity index (χ4n) is 2.30. The summed E-state index contributed by atoms with van der Waals surface area (Å²) in [7, 11) is 3.24. The van der Waals surface area contributed by atoms with Crippen molar-refractivity contribution in [2.75, 3.05) is 13.7 Å². The Hall–Kier alpha value is -1.56. The van der Waals surface area contributed by atoms with Crippen molar-refractivity contribution >= 4 is 32.8 Å². The normalized spacial score (nSPS) is 10.8. The summed E-state index contributed by atoms with van der Waals surface area (Å²) in [6.45, 7) is 2.07. The summed E-state index contributed by atoms with van der Waals surface area (Å²) in [6.07, 6.45) is 1.80. The lowest BCUT2D eigenvalue weighted by atomic mass is 10.1. The first kappa shape index (κ1) is 14.8. The van der Waals surface area contributed by atoms with Gasteiger partial charge in [0.25, 0.3) is 0 Å². The molecule has 0 aliphatic carbocycles. The Morgan fingerprint density at radius 3 is 2.80 bits per heavy atom. The summed E-state index contributed by atoms with van der Waals surface area (Å²) >= 11 is 3.28. The molecule has 1 aromatic carbocycles. The van der Waals surface area contributed by atoms with E-state index in [1.807, 2.05) is 0 Å². The standard InChI is InChI=1S/C14H15BrFNO3/c1-4-20-11(18)5-8-7-17(2)13-10(16)6-9(15)14(19-3)12(8)13/h6-7H,4-5H2,1-3H3. The van der Waals surface area contributed by atoms with Gasteiger partial charge in [0.1, 0.15) is 11.6 Å². The number of hydrogen-bond acceptors (Lipinski definition) is 3. The molecule has 6 heteroatoms. The molecule has 20 heavy (non-hydrogen) atoms. The lowest BCUT2D eigenvalue weighted by Gasteiger charge is -2.08. The van der Waals surface area contributed by atoms with Crippen molar-refractivity contribution in [2.45, 2.75) is 13.3 Å². The maximum absolute atomic E-state index is 14.1. The molecular weight excluding hydrogens is 329 g/mol. The molecule has 0 bridgehead atoms. The SMILES string of the molecule is CCOC(=O)Cc1cn(C)c2c(F)cc(Br)c(OC)c12. The van der Waals surface area contributed by atoms with Gasteiger partial charge in [-0.25, -0.2) is 4.39 Å². The van der Waals surface area contributed by atoms with Crippen LogP contribution in [0.25, 0.3) is 10.9 Å². The van der Waals surface area contributed by atoms with Crippen LogP contribution in [0.4, 0.5) is 4.39 Å². The van der Waals surface area contributed by atoms with Crippen molar-refractivity contribution in [3.05, 3.63) is 28.1 Å². The minimum Gasteiger partial charge on any atom is -0.495 e. The number of aryl methyl sites for hydroxylation is 1. The van der Waals surface area contributed by atoms with Crippen LogP contribution in [0.15, 0.2) is 16.7 Å². The van der Waals surface area contributed by atoms with Crippen molar-refractivity contribution in [3.8, 4) is 5.75 Å². The smallest absolute Gasteiger partial charge is 0.310 e. The van der Waals surface area contributed by atoms with Gasteiger partial charge in [0.2, 0.25) is 0 Å². The van der Waals surface area contributed by atoms with Crippen LogP contribution < -0.4 is 4.74 Å². The summed E-state index contributed by atoms with van der Waals surface area (Å²) in [6, 6.07) is 1.36. The van der Waals surface area contributed by atoms with E-state index in [0.717, 1.165) is 0 Å². The quantitative estimate of drug-likeness (QED) is 0.800. The Morgan fingerprint density at radius 1 is 1.50 bits per heavy atom. The highest BCUT2D eigenvalue weighted by molar-refractivity contribution is 9.10. The molecule has 0 atom stereocenters. The molecule has 108 valence electrons. The monoisotopic (exact) mass is 343 g/mol. The lowest BCUT2D eigenvalue weighted by molar-refractivity contribution is -0.142. The number of aromatic nitrogens is 1. The number of carbonyl (C=O) groups excluding carboxylic acids is 1. The van der Waals surface area contributed by atoms with Crippen LogP contribution in [0.2, 0.25) is 0 Å². The van der Waals surface area contributed by atoms with Crippen molar-refractivity contribution in [1.82, 2.24) is 4.57 Å². The summed E-state index contributed by atoms with van der Waals surface area (Å²) in [5.74, 6) is -0.200. The second kappa shape index (κ2) is 5.83. The second-order valence-corrected chi connectivity index (χ2v) is 5.20. The Bertz CT molecular complexity index is 666. The van der Waals surface area contributed by atoms with Gasteiger partial charge in [-0.1, -0.05) is 0 Å². The highest BCUT2D eigenvalue weighted by Gasteiger charge is 2.20. The zero-order valence-corrected chi connectivity index (χ0v) is 13.1. The van der Waals surface area contributed by atoms with E-state index < -0.39 is 0 Å². The molecule has 1 heterocycles. The zero-order chi connectivity index (χ0) is 14.9. The number of carbonyl (C=O) groups is 1. The lowest BCUT2D eigenvalue weighted by Crippen LogP contribution is -2.07. The summed E-state index contributed by atoms with van der Waals surface area (Å²) in [5.41, 5.74) is 1.09. The number of methoxy groups -OCH3 is 1. The second-order valence-electron chi connectivity index (χ2n) is 4.34. The van der Waals surface area contributed by atoms with Crippen LogP contribution in [0.5, 0.6) is 5.75 Å². The minimum absolute atomic E-state index is 0.0808. The van der Waals surface area contributed by atoms with Crippen molar-refractivity contribution in [3.63, 3.8) is 0 Å². The van der Waals surface area contributed by atoms with Gasteiger partial charge in [0.05, 0.1) is 30.1 Å². The third-order valence-electron chi connectivity index (χ3n) is 3.03. The third kappa shape index (κ3) is 2.52. The van der Waals surface area contributed by atoms with Gasteiger partial charge in [0, 0.05) is 18.6 Å². The molecule has 1 aromatic heterocycles. The van der Waals surface area contributed by atoms with Crippen LogP contribution in [0.3, 0.4) is 0 Å². The number of esters is 1. The predicted octanol–water partition coefficient (Wildman–Crippen LogP) is 3.19. The number of halogens is 2. The summed E-state index contributed by atoms with van der Waals surface area (Å²) < 4.78 is 26.5. The molecule has 0 radical (unpaired) electrons.